The second kappa shape index (κ2) is 19.0. The van der Waals surface area contributed by atoms with Crippen molar-refractivity contribution in [3.63, 3.8) is 0 Å². The van der Waals surface area contributed by atoms with Crippen LogP contribution in [0.2, 0.25) is 0 Å². The molecule has 3 saturated carbocycles. The minimum Gasteiger partial charge on any atom is -0.491 e. The zero-order chi connectivity index (χ0) is 43.5. The Morgan fingerprint density at radius 1 is 0.758 bits per heavy atom. The van der Waals surface area contributed by atoms with Gasteiger partial charge in [-0.15, -0.1) is 0 Å². The summed E-state index contributed by atoms with van der Waals surface area (Å²) in [5.41, 5.74) is 5.25. The summed E-state index contributed by atoms with van der Waals surface area (Å²) in [6, 6.07) is 22.0. The van der Waals surface area contributed by atoms with E-state index in [9.17, 15) is 9.59 Å². The van der Waals surface area contributed by atoms with E-state index in [0.717, 1.165) is 91.3 Å². The highest BCUT2D eigenvalue weighted by Gasteiger charge is 2.59. The predicted octanol–water partition coefficient (Wildman–Crippen LogP) is 13.0. The number of fused-ring (bicyclic) bond motifs is 5. The van der Waals surface area contributed by atoms with Gasteiger partial charge in [0.1, 0.15) is 24.2 Å². The molecule has 0 bridgehead atoms. The Hall–Kier alpha value is -3.94. The number of carbonyl (C=O) groups is 2. The average molecular weight is 845 g/mol. The van der Waals surface area contributed by atoms with Crippen molar-refractivity contribution in [1.29, 1.82) is 0 Å². The topological polar surface area (TPSA) is 80.3 Å². The van der Waals surface area contributed by atoms with Gasteiger partial charge in [0.25, 0.3) is 0 Å². The normalized spacial score (nSPS) is 29.0. The van der Waals surface area contributed by atoms with Gasteiger partial charge in [0.05, 0.1) is 37.6 Å². The van der Waals surface area contributed by atoms with E-state index < -0.39 is 5.97 Å². The molecular formula is C55H72O7. The number of benzene rings is 3. The Labute approximate surface area is 371 Å². The minimum absolute atomic E-state index is 0.120. The number of esters is 2. The van der Waals surface area contributed by atoms with Gasteiger partial charge in [-0.1, -0.05) is 96.7 Å². The largest absolute Gasteiger partial charge is 0.491 e. The summed E-state index contributed by atoms with van der Waals surface area (Å²) in [6.07, 6.45) is 17.1. The molecule has 8 unspecified atom stereocenters. The van der Waals surface area contributed by atoms with Crippen LogP contribution in [-0.4, -0.2) is 51.1 Å². The molecule has 8 rings (SSSR count). The average Bonchev–Trinajstić information content (AvgIpc) is 3.62. The van der Waals surface area contributed by atoms with Crippen molar-refractivity contribution in [2.45, 2.75) is 125 Å². The van der Waals surface area contributed by atoms with Crippen LogP contribution in [0.1, 0.15) is 139 Å². The van der Waals surface area contributed by atoms with Crippen LogP contribution >= 0.6 is 0 Å². The summed E-state index contributed by atoms with van der Waals surface area (Å²) in [4.78, 5) is 26.5. The molecule has 334 valence electrons. The molecule has 5 aliphatic rings. The van der Waals surface area contributed by atoms with Crippen LogP contribution < -0.4 is 9.47 Å². The van der Waals surface area contributed by atoms with Crippen LogP contribution in [0, 0.1) is 51.8 Å². The van der Waals surface area contributed by atoms with Crippen molar-refractivity contribution in [2.75, 3.05) is 33.0 Å². The SMILES string of the molecule is CCC1(COCCOc2ccc(-c3ccc(OC(=O)c4ccc(C(=O)OC5CCC6(C)C(=CCC7C6CCC6(C)C(C(C)CCCC(C)C)CCC76)C5)cc4)cc3)cc2)COC1. The van der Waals surface area contributed by atoms with Crippen LogP contribution in [0.25, 0.3) is 11.1 Å². The zero-order valence-electron chi connectivity index (χ0n) is 38.4. The monoisotopic (exact) mass is 845 g/mol. The molecule has 3 aromatic carbocycles. The number of carbonyl (C=O) groups excluding carboxylic acids is 2. The molecule has 0 N–H and O–H groups in total. The lowest BCUT2D eigenvalue weighted by Crippen LogP contribution is -2.51. The van der Waals surface area contributed by atoms with Crippen LogP contribution in [0.4, 0.5) is 0 Å². The molecule has 62 heavy (non-hydrogen) atoms. The van der Waals surface area contributed by atoms with Crippen molar-refractivity contribution < 1.29 is 33.3 Å². The molecule has 1 aliphatic heterocycles. The Bertz CT molecular complexity index is 2010. The number of hydrogen-bond acceptors (Lipinski definition) is 7. The Balaban J connectivity index is 0.790. The standard InChI is InChI=1S/C55H72O7/c1-7-55(35-59-36-55)34-58-31-32-60-44-20-15-39(16-21-44)40-17-22-45(23-18-40)61-51(56)41-11-13-42(14-12-41)52(57)62-46-27-29-53(5)43(33-46)19-24-47-49-26-25-48(38(4)10-8-9-37(2)3)54(49,6)30-28-50(47)53/h11-23,37-38,46-50H,7-10,24-36H2,1-6H3. The lowest BCUT2D eigenvalue weighted by molar-refractivity contribution is -0.151. The molecule has 1 heterocycles. The Kier molecular flexibility index (Phi) is 13.7. The van der Waals surface area contributed by atoms with Gasteiger partial charge in [-0.25, -0.2) is 9.59 Å². The lowest BCUT2D eigenvalue weighted by atomic mass is 9.47. The van der Waals surface area contributed by atoms with Gasteiger partial charge in [-0.05, 0) is 157 Å². The van der Waals surface area contributed by atoms with Crippen molar-refractivity contribution in [3.8, 4) is 22.6 Å². The molecule has 1 saturated heterocycles. The Morgan fingerprint density at radius 2 is 1.44 bits per heavy atom. The van der Waals surface area contributed by atoms with Gasteiger partial charge < -0.3 is 23.7 Å². The van der Waals surface area contributed by atoms with E-state index in [0.29, 0.717) is 42.1 Å². The molecule has 0 radical (unpaired) electrons. The molecule has 4 fully saturated rings. The minimum atomic E-state index is -0.476. The highest BCUT2D eigenvalue weighted by Crippen LogP contribution is 2.67. The molecule has 7 heteroatoms. The third kappa shape index (κ3) is 9.46. The highest BCUT2D eigenvalue weighted by atomic mass is 16.5. The number of hydrogen-bond donors (Lipinski definition) is 0. The summed E-state index contributed by atoms with van der Waals surface area (Å²) in [7, 11) is 0. The number of allylic oxidation sites excluding steroid dienone is 1. The predicted molar refractivity (Wildman–Crippen MR) is 245 cm³/mol. The van der Waals surface area contributed by atoms with Gasteiger partial charge in [0, 0.05) is 11.8 Å². The van der Waals surface area contributed by atoms with Crippen LogP contribution in [0.5, 0.6) is 11.5 Å². The fourth-order valence-electron chi connectivity index (χ4n) is 12.6. The quantitative estimate of drug-likeness (QED) is 0.0579. The first kappa shape index (κ1) is 44.7. The van der Waals surface area contributed by atoms with Crippen LogP contribution in [-0.2, 0) is 14.2 Å². The molecule has 8 atom stereocenters. The van der Waals surface area contributed by atoms with Gasteiger partial charge >= 0.3 is 11.9 Å². The van der Waals surface area contributed by atoms with E-state index in [1.807, 2.05) is 36.4 Å². The first-order valence-corrected chi connectivity index (χ1v) is 24.1. The zero-order valence-corrected chi connectivity index (χ0v) is 38.4. The molecule has 3 aromatic rings. The molecule has 0 spiro atoms. The van der Waals surface area contributed by atoms with E-state index in [-0.39, 0.29) is 22.9 Å². The Morgan fingerprint density at radius 3 is 2.08 bits per heavy atom. The van der Waals surface area contributed by atoms with Crippen molar-refractivity contribution in [1.82, 2.24) is 0 Å². The maximum Gasteiger partial charge on any atom is 0.343 e. The smallest absolute Gasteiger partial charge is 0.343 e. The van der Waals surface area contributed by atoms with E-state index in [1.54, 1.807) is 36.4 Å². The lowest BCUT2D eigenvalue weighted by Gasteiger charge is -2.58. The van der Waals surface area contributed by atoms with Gasteiger partial charge in [-0.2, -0.15) is 0 Å². The molecule has 0 aromatic heterocycles. The summed E-state index contributed by atoms with van der Waals surface area (Å²) in [6.45, 7) is 17.9. The molecular weight excluding hydrogens is 773 g/mol. The van der Waals surface area contributed by atoms with Crippen LogP contribution in [0.3, 0.4) is 0 Å². The second-order valence-electron chi connectivity index (χ2n) is 20.8. The molecule has 0 amide bonds. The second-order valence-corrected chi connectivity index (χ2v) is 20.8. The fraction of sp³-hybridized carbons (Fsp3) is 0.600. The van der Waals surface area contributed by atoms with Crippen molar-refractivity contribution in [3.05, 3.63) is 95.6 Å². The number of rotatable bonds is 17. The van der Waals surface area contributed by atoms with Gasteiger partial charge in [-0.3, -0.25) is 0 Å². The van der Waals surface area contributed by atoms with Gasteiger partial charge in [0.2, 0.25) is 0 Å². The molecule has 4 aliphatic carbocycles. The number of ether oxygens (including phenoxy) is 5. The van der Waals surface area contributed by atoms with Crippen LogP contribution in [0.15, 0.2) is 84.4 Å². The summed E-state index contributed by atoms with van der Waals surface area (Å²) >= 11 is 0. The summed E-state index contributed by atoms with van der Waals surface area (Å²) in [5.74, 6) is 5.28. The first-order valence-electron chi connectivity index (χ1n) is 24.1. The summed E-state index contributed by atoms with van der Waals surface area (Å²) < 4.78 is 29.0. The summed E-state index contributed by atoms with van der Waals surface area (Å²) in [5, 5.41) is 0. The highest BCUT2D eigenvalue weighted by molar-refractivity contribution is 5.94. The van der Waals surface area contributed by atoms with Crippen molar-refractivity contribution in [2.24, 2.45) is 51.8 Å². The van der Waals surface area contributed by atoms with E-state index in [4.69, 9.17) is 23.7 Å². The van der Waals surface area contributed by atoms with E-state index >= 15 is 0 Å². The van der Waals surface area contributed by atoms with Gasteiger partial charge in [0.15, 0.2) is 0 Å². The maximum atomic E-state index is 13.4. The maximum absolute atomic E-state index is 13.4. The third-order valence-corrected chi connectivity index (χ3v) is 16.6. The van der Waals surface area contributed by atoms with E-state index in [2.05, 4.69) is 47.6 Å². The third-order valence-electron chi connectivity index (χ3n) is 16.6. The van der Waals surface area contributed by atoms with E-state index in [1.165, 1.54) is 56.9 Å². The first-order chi connectivity index (χ1) is 29.9. The van der Waals surface area contributed by atoms with Crippen molar-refractivity contribution >= 4 is 11.9 Å². The fourth-order valence-corrected chi connectivity index (χ4v) is 12.6. The molecule has 7 nitrogen and oxygen atoms in total.